The number of benzene rings is 2. The molecule has 1 amide bonds. The highest BCUT2D eigenvalue weighted by Gasteiger charge is 2.26. The monoisotopic (exact) mass is 381 g/mol. The molecule has 0 fully saturated rings. The van der Waals surface area contributed by atoms with Crippen LogP contribution in [-0.4, -0.2) is 25.0 Å². The molecule has 0 spiro atoms. The van der Waals surface area contributed by atoms with Crippen LogP contribution in [0.4, 0.5) is 0 Å². The van der Waals surface area contributed by atoms with Crippen LogP contribution in [0.3, 0.4) is 0 Å². The Hall–Kier alpha value is -3.28. The van der Waals surface area contributed by atoms with E-state index in [9.17, 15) is 9.59 Å². The predicted octanol–water partition coefficient (Wildman–Crippen LogP) is 3.94. The van der Waals surface area contributed by atoms with Crippen LogP contribution >= 0.6 is 0 Å². The van der Waals surface area contributed by atoms with Crippen molar-refractivity contribution >= 4 is 22.6 Å². The molecule has 0 saturated heterocycles. The van der Waals surface area contributed by atoms with E-state index in [4.69, 9.17) is 13.9 Å². The Morgan fingerprint density at radius 1 is 1.04 bits per heavy atom. The molecule has 2 aromatic carbocycles. The molecule has 0 bridgehead atoms. The summed E-state index contributed by atoms with van der Waals surface area (Å²) in [7, 11) is 1.29. The molecule has 0 aliphatic rings. The molecular formula is C22H23NO5. The summed E-state index contributed by atoms with van der Waals surface area (Å²) in [5.74, 6) is 0.272. The maximum absolute atomic E-state index is 12.4. The van der Waals surface area contributed by atoms with Gasteiger partial charge in [0.2, 0.25) is 0 Å². The average Bonchev–Trinajstić information content (AvgIpc) is 3.18. The molecule has 0 unspecified atom stereocenters. The third kappa shape index (κ3) is 4.52. The van der Waals surface area contributed by atoms with E-state index >= 15 is 0 Å². The number of hydrogen-bond donors (Lipinski definition) is 1. The van der Waals surface area contributed by atoms with E-state index in [0.29, 0.717) is 11.5 Å². The highest BCUT2D eigenvalue weighted by molar-refractivity contribution is 5.94. The van der Waals surface area contributed by atoms with Crippen LogP contribution in [0.2, 0.25) is 0 Å². The lowest BCUT2D eigenvalue weighted by Gasteiger charge is -2.18. The van der Waals surface area contributed by atoms with Crippen molar-refractivity contribution in [3.05, 3.63) is 66.1 Å². The van der Waals surface area contributed by atoms with Crippen LogP contribution in [0.15, 0.2) is 59.0 Å². The fourth-order valence-electron chi connectivity index (χ4n) is 2.83. The molecule has 3 aromatic rings. The van der Waals surface area contributed by atoms with Gasteiger partial charge in [-0.1, -0.05) is 44.2 Å². The van der Waals surface area contributed by atoms with Gasteiger partial charge in [0.1, 0.15) is 24.2 Å². The lowest BCUT2D eigenvalue weighted by atomic mass is 10.0. The number of carbonyl (C=O) groups excluding carboxylic acids is 2. The van der Waals surface area contributed by atoms with Crippen LogP contribution in [0, 0.1) is 5.92 Å². The van der Waals surface area contributed by atoms with Crippen molar-refractivity contribution in [1.29, 1.82) is 0 Å². The second kappa shape index (κ2) is 8.61. The van der Waals surface area contributed by atoms with Crippen molar-refractivity contribution in [3.63, 3.8) is 0 Å². The molecule has 1 atom stereocenters. The Labute approximate surface area is 163 Å². The van der Waals surface area contributed by atoms with E-state index in [1.807, 2.05) is 56.3 Å². The first-order valence-corrected chi connectivity index (χ1v) is 9.07. The molecule has 3 rings (SSSR count). The molecule has 1 aromatic heterocycles. The number of carbonyl (C=O) groups is 2. The number of esters is 1. The summed E-state index contributed by atoms with van der Waals surface area (Å²) in [6.07, 6.45) is 0. The van der Waals surface area contributed by atoms with Crippen molar-refractivity contribution in [2.45, 2.75) is 26.5 Å². The number of amides is 1. The highest BCUT2D eigenvalue weighted by Crippen LogP contribution is 2.22. The second-order valence-corrected chi connectivity index (χ2v) is 6.78. The maximum Gasteiger partial charge on any atom is 0.328 e. The van der Waals surface area contributed by atoms with Gasteiger partial charge in [0.25, 0.3) is 5.91 Å². The second-order valence-electron chi connectivity index (χ2n) is 6.78. The molecule has 0 radical (unpaired) electrons. The Kier molecular flexibility index (Phi) is 5.99. The van der Waals surface area contributed by atoms with Crippen molar-refractivity contribution in [3.8, 4) is 5.75 Å². The lowest BCUT2D eigenvalue weighted by molar-refractivity contribution is -0.144. The molecule has 0 saturated carbocycles. The number of methoxy groups -OCH3 is 1. The average molecular weight is 381 g/mol. The Morgan fingerprint density at radius 3 is 2.50 bits per heavy atom. The summed E-state index contributed by atoms with van der Waals surface area (Å²) in [5, 5.41) is 4.86. The first-order valence-electron chi connectivity index (χ1n) is 9.07. The Balaban J connectivity index is 1.62. The van der Waals surface area contributed by atoms with Gasteiger partial charge in [-0.05, 0) is 41.0 Å². The van der Waals surface area contributed by atoms with Crippen molar-refractivity contribution in [1.82, 2.24) is 5.32 Å². The zero-order chi connectivity index (χ0) is 20.1. The molecule has 6 heteroatoms. The fraction of sp³-hybridized carbons (Fsp3) is 0.273. The van der Waals surface area contributed by atoms with Gasteiger partial charge in [-0.25, -0.2) is 4.79 Å². The third-order valence-electron chi connectivity index (χ3n) is 4.40. The molecule has 0 aliphatic heterocycles. The zero-order valence-electron chi connectivity index (χ0n) is 16.1. The number of nitrogens with one attached hydrogen (secondary N) is 1. The highest BCUT2D eigenvalue weighted by atomic mass is 16.5. The van der Waals surface area contributed by atoms with Crippen LogP contribution in [0.25, 0.3) is 10.8 Å². The van der Waals surface area contributed by atoms with Gasteiger partial charge in [0.05, 0.1) is 7.11 Å². The topological polar surface area (TPSA) is 77.8 Å². The number of rotatable bonds is 7. The van der Waals surface area contributed by atoms with Gasteiger partial charge < -0.3 is 19.2 Å². The molecule has 1 N–H and O–H groups in total. The Morgan fingerprint density at radius 2 is 1.79 bits per heavy atom. The maximum atomic E-state index is 12.4. The minimum absolute atomic E-state index is 0.109. The van der Waals surface area contributed by atoms with Crippen LogP contribution in [-0.2, 0) is 16.1 Å². The van der Waals surface area contributed by atoms with Crippen LogP contribution < -0.4 is 10.1 Å². The van der Waals surface area contributed by atoms with Gasteiger partial charge in [0.15, 0.2) is 5.76 Å². The van der Waals surface area contributed by atoms with E-state index in [0.717, 1.165) is 10.8 Å². The number of ether oxygens (including phenoxy) is 2. The normalized spacial score (nSPS) is 12.0. The minimum Gasteiger partial charge on any atom is -0.486 e. The molecule has 6 nitrogen and oxygen atoms in total. The summed E-state index contributed by atoms with van der Waals surface area (Å²) >= 11 is 0. The predicted molar refractivity (Wildman–Crippen MR) is 105 cm³/mol. The van der Waals surface area contributed by atoms with Gasteiger partial charge in [-0.15, -0.1) is 0 Å². The third-order valence-corrected chi connectivity index (χ3v) is 4.40. The van der Waals surface area contributed by atoms with Gasteiger partial charge in [-0.2, -0.15) is 0 Å². The molecule has 0 aliphatic carbocycles. The zero-order valence-corrected chi connectivity index (χ0v) is 16.1. The smallest absolute Gasteiger partial charge is 0.328 e. The number of fused-ring (bicyclic) bond motifs is 1. The quantitative estimate of drug-likeness (QED) is 0.627. The van der Waals surface area contributed by atoms with E-state index in [2.05, 4.69) is 5.32 Å². The first-order chi connectivity index (χ1) is 13.5. The minimum atomic E-state index is -0.736. The van der Waals surface area contributed by atoms with Crippen LogP contribution in [0.5, 0.6) is 5.75 Å². The largest absolute Gasteiger partial charge is 0.486 e. The molecular weight excluding hydrogens is 358 g/mol. The van der Waals surface area contributed by atoms with Gasteiger partial charge in [0, 0.05) is 0 Å². The van der Waals surface area contributed by atoms with Crippen LogP contribution in [0.1, 0.15) is 30.2 Å². The van der Waals surface area contributed by atoms with E-state index in [1.54, 1.807) is 12.1 Å². The Bertz CT molecular complexity index is 976. The van der Waals surface area contributed by atoms with E-state index in [1.165, 1.54) is 7.11 Å². The summed E-state index contributed by atoms with van der Waals surface area (Å²) in [5.41, 5.74) is 0. The first kappa shape index (κ1) is 19.5. The van der Waals surface area contributed by atoms with E-state index < -0.39 is 17.9 Å². The molecule has 28 heavy (non-hydrogen) atoms. The SMILES string of the molecule is COC(=O)[C@@H](NC(=O)c1ccc(COc2ccc3ccccc3c2)o1)C(C)C. The number of furan rings is 1. The molecule has 1 heterocycles. The fourth-order valence-corrected chi connectivity index (χ4v) is 2.83. The summed E-state index contributed by atoms with van der Waals surface area (Å²) in [4.78, 5) is 24.2. The lowest BCUT2D eigenvalue weighted by Crippen LogP contribution is -2.44. The summed E-state index contributed by atoms with van der Waals surface area (Å²) in [6.45, 7) is 3.84. The summed E-state index contributed by atoms with van der Waals surface area (Å²) < 4.78 is 16.1. The summed E-state index contributed by atoms with van der Waals surface area (Å²) in [6, 6.07) is 16.4. The van der Waals surface area contributed by atoms with E-state index in [-0.39, 0.29) is 18.3 Å². The van der Waals surface area contributed by atoms with Gasteiger partial charge in [-0.3, -0.25) is 4.79 Å². The van der Waals surface area contributed by atoms with Crippen molar-refractivity contribution in [2.75, 3.05) is 7.11 Å². The van der Waals surface area contributed by atoms with Gasteiger partial charge >= 0.3 is 5.97 Å². The standard InChI is InChI=1S/C22H23NO5/c1-14(2)20(22(25)26-3)23-21(24)19-11-10-18(28-19)13-27-17-9-8-15-6-4-5-7-16(15)12-17/h4-12,14,20H,13H2,1-3H3,(H,23,24)/t20-/m0/s1. The molecule has 146 valence electrons. The van der Waals surface area contributed by atoms with Crippen molar-refractivity contribution < 1.29 is 23.5 Å². The van der Waals surface area contributed by atoms with Crippen molar-refractivity contribution in [2.24, 2.45) is 5.92 Å². The number of hydrogen-bond acceptors (Lipinski definition) is 5.